The quantitative estimate of drug-likeness (QED) is 0.179. The van der Waals surface area contributed by atoms with E-state index in [9.17, 15) is 22.8 Å². The number of hydrogen-bond donors (Lipinski definition) is 0. The molecule has 1 amide bonds. The molecule has 0 spiro atoms. The van der Waals surface area contributed by atoms with E-state index in [-0.39, 0.29) is 23.8 Å². The number of Topliss-reactive ketones (excluding diaryl/α,β-unsaturated/α-hetero) is 1. The van der Waals surface area contributed by atoms with Gasteiger partial charge in [0.25, 0.3) is 5.91 Å². The Bertz CT molecular complexity index is 1750. The zero-order valence-corrected chi connectivity index (χ0v) is 23.2. The first-order valence-corrected chi connectivity index (χ1v) is 13.5. The SMILES string of the molecule is Cc1c(C(=O)Cc2cccc(C(F)(F)F)c2)cc(-c2ccccc2)n1CCCN(C)C(=O)c1cnc2ccccc2n1. The molecule has 0 aliphatic rings. The highest BCUT2D eigenvalue weighted by Crippen LogP contribution is 2.31. The topological polar surface area (TPSA) is 68.1 Å². The minimum Gasteiger partial charge on any atom is -0.344 e. The van der Waals surface area contributed by atoms with Gasteiger partial charge in [-0.2, -0.15) is 13.2 Å². The summed E-state index contributed by atoms with van der Waals surface area (Å²) in [5, 5.41) is 0. The number of fused-ring (bicyclic) bond motifs is 1. The summed E-state index contributed by atoms with van der Waals surface area (Å²) in [6.45, 7) is 2.80. The number of rotatable bonds is 9. The van der Waals surface area contributed by atoms with Crippen molar-refractivity contribution in [3.63, 3.8) is 0 Å². The summed E-state index contributed by atoms with van der Waals surface area (Å²) in [6, 6.07) is 23.6. The van der Waals surface area contributed by atoms with Crippen LogP contribution in [0.3, 0.4) is 0 Å². The van der Waals surface area contributed by atoms with E-state index in [2.05, 4.69) is 9.97 Å². The molecule has 0 saturated heterocycles. The van der Waals surface area contributed by atoms with Crippen LogP contribution in [0.4, 0.5) is 13.2 Å². The van der Waals surface area contributed by atoms with E-state index in [4.69, 9.17) is 0 Å². The normalized spacial score (nSPS) is 11.5. The molecular formula is C33H29F3N4O2. The lowest BCUT2D eigenvalue weighted by atomic mass is 10.0. The van der Waals surface area contributed by atoms with Crippen LogP contribution in [0.5, 0.6) is 0 Å². The van der Waals surface area contributed by atoms with Crippen molar-refractivity contribution in [3.8, 4) is 11.3 Å². The van der Waals surface area contributed by atoms with Crippen LogP contribution in [0, 0.1) is 6.92 Å². The number of hydrogen-bond acceptors (Lipinski definition) is 4. The van der Waals surface area contributed by atoms with Crippen LogP contribution in [-0.2, 0) is 19.1 Å². The van der Waals surface area contributed by atoms with E-state index in [1.165, 1.54) is 18.3 Å². The van der Waals surface area contributed by atoms with Crippen LogP contribution in [0.15, 0.2) is 91.1 Å². The number of amides is 1. The number of nitrogens with zero attached hydrogens (tertiary/aromatic N) is 4. The van der Waals surface area contributed by atoms with Gasteiger partial charge in [0, 0.05) is 43.5 Å². The van der Waals surface area contributed by atoms with Crippen molar-refractivity contribution in [2.24, 2.45) is 0 Å². The first kappa shape index (κ1) is 28.7. The molecule has 0 radical (unpaired) electrons. The molecular weight excluding hydrogens is 541 g/mol. The molecule has 214 valence electrons. The van der Waals surface area contributed by atoms with Gasteiger partial charge in [-0.25, -0.2) is 4.98 Å². The van der Waals surface area contributed by atoms with E-state index in [1.54, 1.807) is 18.0 Å². The highest BCUT2D eigenvalue weighted by atomic mass is 19.4. The molecule has 0 bridgehead atoms. The lowest BCUT2D eigenvalue weighted by molar-refractivity contribution is -0.137. The van der Waals surface area contributed by atoms with Gasteiger partial charge in [0.05, 0.1) is 22.8 Å². The predicted molar refractivity (Wildman–Crippen MR) is 155 cm³/mol. The highest BCUT2D eigenvalue weighted by molar-refractivity contribution is 6.00. The molecule has 0 N–H and O–H groups in total. The largest absolute Gasteiger partial charge is 0.416 e. The minimum absolute atomic E-state index is 0.146. The van der Waals surface area contributed by atoms with Crippen LogP contribution in [0.1, 0.15) is 44.1 Å². The van der Waals surface area contributed by atoms with Gasteiger partial charge in [-0.1, -0.05) is 60.7 Å². The molecule has 3 aromatic carbocycles. The Morgan fingerprint density at radius 3 is 2.36 bits per heavy atom. The number of carbonyl (C=O) groups is 2. The Morgan fingerprint density at radius 1 is 0.905 bits per heavy atom. The Hall–Kier alpha value is -4.79. The van der Waals surface area contributed by atoms with Gasteiger partial charge in [-0.15, -0.1) is 0 Å². The number of alkyl halides is 3. The fraction of sp³-hybridized carbons (Fsp3) is 0.212. The number of aromatic nitrogens is 3. The van der Waals surface area contributed by atoms with E-state index in [1.807, 2.05) is 66.1 Å². The Kier molecular flexibility index (Phi) is 8.20. The van der Waals surface area contributed by atoms with Crippen LogP contribution >= 0.6 is 0 Å². The van der Waals surface area contributed by atoms with Crippen LogP contribution in [0.25, 0.3) is 22.3 Å². The second kappa shape index (κ2) is 12.0. The number of para-hydroxylation sites is 2. The molecule has 0 aliphatic carbocycles. The van der Waals surface area contributed by atoms with Gasteiger partial charge < -0.3 is 9.47 Å². The second-order valence-electron chi connectivity index (χ2n) is 10.2. The molecule has 0 aliphatic heterocycles. The van der Waals surface area contributed by atoms with Crippen molar-refractivity contribution in [3.05, 3.63) is 119 Å². The summed E-state index contributed by atoms with van der Waals surface area (Å²) in [4.78, 5) is 36.8. The number of carbonyl (C=O) groups excluding carboxylic acids is 2. The third-order valence-electron chi connectivity index (χ3n) is 7.25. The predicted octanol–water partition coefficient (Wildman–Crippen LogP) is 7.01. The van der Waals surface area contributed by atoms with Gasteiger partial charge in [0.2, 0.25) is 0 Å². The number of benzene rings is 3. The van der Waals surface area contributed by atoms with Crippen molar-refractivity contribution >= 4 is 22.7 Å². The summed E-state index contributed by atoms with van der Waals surface area (Å²) in [7, 11) is 1.71. The zero-order chi connectivity index (χ0) is 29.9. The second-order valence-corrected chi connectivity index (χ2v) is 10.2. The summed E-state index contributed by atoms with van der Waals surface area (Å²) >= 11 is 0. The fourth-order valence-corrected chi connectivity index (χ4v) is 5.03. The minimum atomic E-state index is -4.48. The molecule has 5 aromatic rings. The average Bonchev–Trinajstić information content (AvgIpc) is 3.32. The van der Waals surface area contributed by atoms with Crippen molar-refractivity contribution < 1.29 is 22.8 Å². The Labute approximate surface area is 241 Å². The maximum atomic E-state index is 13.4. The van der Waals surface area contributed by atoms with E-state index in [0.717, 1.165) is 29.1 Å². The molecule has 0 atom stereocenters. The third kappa shape index (κ3) is 6.25. The van der Waals surface area contributed by atoms with E-state index in [0.29, 0.717) is 41.7 Å². The lowest BCUT2D eigenvalue weighted by Crippen LogP contribution is -2.29. The molecule has 2 heterocycles. The van der Waals surface area contributed by atoms with Gasteiger partial charge in [0.1, 0.15) is 5.69 Å². The lowest BCUT2D eigenvalue weighted by Gasteiger charge is -2.18. The summed E-state index contributed by atoms with van der Waals surface area (Å²) in [6.07, 6.45) is -2.55. The van der Waals surface area contributed by atoms with Gasteiger partial charge >= 0.3 is 6.18 Å². The summed E-state index contributed by atoms with van der Waals surface area (Å²) < 4.78 is 41.6. The van der Waals surface area contributed by atoms with Crippen LogP contribution in [0.2, 0.25) is 0 Å². The molecule has 5 rings (SSSR count). The molecule has 0 saturated carbocycles. The van der Waals surface area contributed by atoms with Crippen LogP contribution in [-0.4, -0.2) is 44.7 Å². The van der Waals surface area contributed by atoms with E-state index >= 15 is 0 Å². The molecule has 0 fully saturated rings. The monoisotopic (exact) mass is 570 g/mol. The zero-order valence-electron chi connectivity index (χ0n) is 23.2. The highest BCUT2D eigenvalue weighted by Gasteiger charge is 2.30. The Balaban J connectivity index is 1.34. The van der Waals surface area contributed by atoms with Gasteiger partial charge in [-0.3, -0.25) is 14.6 Å². The first-order chi connectivity index (χ1) is 20.1. The summed E-state index contributed by atoms with van der Waals surface area (Å²) in [5.41, 5.74) is 4.08. The maximum Gasteiger partial charge on any atom is 0.416 e. The van der Waals surface area contributed by atoms with Crippen LogP contribution < -0.4 is 0 Å². The first-order valence-electron chi connectivity index (χ1n) is 13.5. The number of halogens is 3. The average molecular weight is 571 g/mol. The fourth-order valence-electron chi connectivity index (χ4n) is 5.03. The Morgan fingerprint density at radius 2 is 1.62 bits per heavy atom. The van der Waals surface area contributed by atoms with E-state index < -0.39 is 11.7 Å². The molecule has 9 heteroatoms. The van der Waals surface area contributed by atoms with Crippen molar-refractivity contribution in [1.82, 2.24) is 19.4 Å². The standard InChI is InChI=1S/C33H29F3N4O2/c1-22-26(31(41)19-23-10-8-13-25(18-23)33(34,35)36)20-30(24-11-4-3-5-12-24)40(22)17-9-16-39(2)32(42)29-21-37-27-14-6-7-15-28(27)38-29/h3-8,10-15,18,20-21H,9,16-17,19H2,1-2H3. The summed E-state index contributed by atoms with van der Waals surface area (Å²) in [5.74, 6) is -0.498. The van der Waals surface area contributed by atoms with Gasteiger partial charge in [-0.05, 0) is 48.7 Å². The molecule has 42 heavy (non-hydrogen) atoms. The third-order valence-corrected chi connectivity index (χ3v) is 7.25. The van der Waals surface area contributed by atoms with Crippen molar-refractivity contribution in [1.29, 1.82) is 0 Å². The van der Waals surface area contributed by atoms with Crippen molar-refractivity contribution in [2.45, 2.75) is 32.5 Å². The molecule has 2 aromatic heterocycles. The molecule has 6 nitrogen and oxygen atoms in total. The van der Waals surface area contributed by atoms with Gasteiger partial charge in [0.15, 0.2) is 5.78 Å². The maximum absolute atomic E-state index is 13.4. The smallest absolute Gasteiger partial charge is 0.344 e. The molecule has 0 unspecified atom stereocenters. The van der Waals surface area contributed by atoms with Crippen molar-refractivity contribution in [2.75, 3.05) is 13.6 Å². The number of ketones is 1.